The Hall–Kier alpha value is -7.39. The molecular formula is C51H72N12O17S3. The maximum Gasteiger partial charge on any atom is 0.327 e. The first kappa shape index (κ1) is 68.1. The van der Waals surface area contributed by atoms with E-state index in [0.29, 0.717) is 11.1 Å². The summed E-state index contributed by atoms with van der Waals surface area (Å²) >= 11 is 1.26. The number of carboxylic acids is 1. The average molecular weight is 1220 g/mol. The highest BCUT2D eigenvalue weighted by molar-refractivity contribution is 8.76. The fourth-order valence-corrected chi connectivity index (χ4v) is 11.3. The molecule has 83 heavy (non-hydrogen) atoms. The second kappa shape index (κ2) is 33.0. The molecule has 2 aliphatic heterocycles. The van der Waals surface area contributed by atoms with Crippen LogP contribution in [0.5, 0.6) is 11.5 Å². The molecule has 0 spiro atoms. The zero-order valence-electron chi connectivity index (χ0n) is 45.6. The first-order valence-electron chi connectivity index (χ1n) is 26.1. The summed E-state index contributed by atoms with van der Waals surface area (Å²) in [6, 6.07) is -5.15. The Balaban J connectivity index is 1.82. The van der Waals surface area contributed by atoms with Crippen molar-refractivity contribution in [2.75, 3.05) is 30.1 Å². The molecule has 19 N–H and O–H groups in total. The quantitative estimate of drug-likeness (QED) is 0.0744. The number of benzene rings is 2. The maximum atomic E-state index is 14.7. The van der Waals surface area contributed by atoms with Crippen molar-refractivity contribution in [2.24, 2.45) is 17.2 Å². The van der Waals surface area contributed by atoms with Crippen LogP contribution in [0.25, 0.3) is 0 Å². The number of amides is 11. The van der Waals surface area contributed by atoms with Gasteiger partial charge in [-0.25, -0.2) is 4.79 Å². The number of primary amides is 2. The molecule has 456 valence electrons. The topological polar surface area (TPSA) is 484 Å². The number of carboxylic acid groups (broad SMARTS) is 1. The summed E-state index contributed by atoms with van der Waals surface area (Å²) in [7, 11) is 1.69. The van der Waals surface area contributed by atoms with Gasteiger partial charge in [-0.05, 0) is 86.9 Å². The van der Waals surface area contributed by atoms with Crippen molar-refractivity contribution in [3.05, 3.63) is 59.7 Å². The van der Waals surface area contributed by atoms with E-state index in [9.17, 15) is 83.1 Å². The van der Waals surface area contributed by atoms with E-state index in [2.05, 4.69) is 42.5 Å². The van der Waals surface area contributed by atoms with Gasteiger partial charge in [-0.2, -0.15) is 11.8 Å². The number of aromatic hydroxyl groups is 2. The summed E-state index contributed by atoms with van der Waals surface area (Å²) < 4.78 is 0. The molecule has 0 unspecified atom stereocenters. The number of rotatable bonds is 15. The molecule has 0 radical (unpaired) electrons. The highest BCUT2D eigenvalue weighted by Gasteiger charge is 2.42. The van der Waals surface area contributed by atoms with Gasteiger partial charge in [0.25, 0.3) is 0 Å². The lowest BCUT2D eigenvalue weighted by Crippen LogP contribution is -2.62. The number of aliphatic hydroxyl groups excluding tert-OH is 2. The zero-order chi connectivity index (χ0) is 61.7. The molecule has 29 nitrogen and oxygen atoms in total. The number of nitrogens with two attached hydrogens (primary N) is 3. The molecule has 32 heteroatoms. The highest BCUT2D eigenvalue weighted by atomic mass is 33.1. The summed E-state index contributed by atoms with van der Waals surface area (Å²) in [6.45, 7) is 2.18. The predicted octanol–water partition coefficient (Wildman–Crippen LogP) is -4.79. The molecular weight excluding hydrogens is 1150 g/mol. The summed E-state index contributed by atoms with van der Waals surface area (Å²) in [5.74, 6) is -13.6. The van der Waals surface area contributed by atoms with Gasteiger partial charge in [-0.1, -0.05) is 45.9 Å². The number of phenolic OH excluding ortho intramolecular Hbond substituents is 2. The predicted molar refractivity (Wildman–Crippen MR) is 303 cm³/mol. The van der Waals surface area contributed by atoms with Crippen LogP contribution in [0.15, 0.2) is 48.5 Å². The number of hydrogen-bond acceptors (Lipinski definition) is 20. The minimum atomic E-state index is -1.91. The van der Waals surface area contributed by atoms with Crippen LogP contribution in [0.2, 0.25) is 0 Å². The molecule has 4 rings (SSSR count). The SMILES string of the molecule is CSCC[C@@H]1NC(=O)[C@H](Cc2ccc(O)cc2)NC(=O)[C@H](Cc2ccc(O)cc2)NC(=O)[C@@H]2CCCN2C(=O)[C@H]([C@@H](C)O)NC(=O)[C@H](CCC(N)=O)NC(=O)[C@@H](N)CSSC[C@@H](C(=O)O)NC(=O)[C@H]([C@@H](C)O)NC(=O)[C@H](CC(N)=O)NC1=O. The van der Waals surface area contributed by atoms with Gasteiger partial charge in [0.15, 0.2) is 0 Å². The monoisotopic (exact) mass is 1220 g/mol. The Morgan fingerprint density at radius 1 is 0.602 bits per heavy atom. The lowest BCUT2D eigenvalue weighted by Gasteiger charge is -2.32. The van der Waals surface area contributed by atoms with Crippen LogP contribution < -0.4 is 59.7 Å². The van der Waals surface area contributed by atoms with Gasteiger partial charge < -0.3 is 90.2 Å². The van der Waals surface area contributed by atoms with Gasteiger partial charge >= 0.3 is 5.97 Å². The molecule has 0 saturated carbocycles. The van der Waals surface area contributed by atoms with Gasteiger partial charge in [0.1, 0.15) is 65.9 Å². The summed E-state index contributed by atoms with van der Waals surface area (Å²) in [6.07, 6.45) is -3.88. The first-order valence-corrected chi connectivity index (χ1v) is 30.0. The van der Waals surface area contributed by atoms with E-state index < -0.39 is 169 Å². The van der Waals surface area contributed by atoms with Crippen molar-refractivity contribution in [3.63, 3.8) is 0 Å². The van der Waals surface area contributed by atoms with E-state index in [1.165, 1.54) is 67.2 Å². The summed E-state index contributed by atoms with van der Waals surface area (Å²) in [5, 5.41) is 71.2. The number of carbonyl (C=O) groups is 12. The molecule has 2 aliphatic rings. The van der Waals surface area contributed by atoms with Crippen LogP contribution in [0.4, 0.5) is 0 Å². The summed E-state index contributed by atoms with van der Waals surface area (Å²) in [5.41, 5.74) is 17.7. The summed E-state index contributed by atoms with van der Waals surface area (Å²) in [4.78, 5) is 165. The Labute approximate surface area is 489 Å². The molecule has 2 saturated heterocycles. The largest absolute Gasteiger partial charge is 0.508 e. The third kappa shape index (κ3) is 21.7. The van der Waals surface area contributed by atoms with Gasteiger partial charge in [0.2, 0.25) is 65.0 Å². The Kier molecular flexibility index (Phi) is 27.1. The third-order valence-electron chi connectivity index (χ3n) is 13.1. The lowest BCUT2D eigenvalue weighted by atomic mass is 10.0. The molecule has 2 aromatic carbocycles. The van der Waals surface area contributed by atoms with Crippen molar-refractivity contribution in [1.29, 1.82) is 0 Å². The molecule has 12 atom stereocenters. The first-order chi connectivity index (χ1) is 39.2. The third-order valence-corrected chi connectivity index (χ3v) is 16.2. The normalized spacial score (nSPS) is 26.3. The molecule has 0 bridgehead atoms. The molecule has 2 heterocycles. The van der Waals surface area contributed by atoms with E-state index in [0.717, 1.165) is 33.4 Å². The van der Waals surface area contributed by atoms with Crippen molar-refractivity contribution in [2.45, 2.75) is 138 Å². The minimum Gasteiger partial charge on any atom is -0.508 e. The number of aliphatic carboxylic acids is 1. The fourth-order valence-electron chi connectivity index (χ4n) is 8.52. The Morgan fingerprint density at radius 2 is 1.06 bits per heavy atom. The van der Waals surface area contributed by atoms with Crippen LogP contribution in [-0.2, 0) is 70.4 Å². The number of carbonyl (C=O) groups excluding carboxylic acids is 11. The molecule has 0 aliphatic carbocycles. The van der Waals surface area contributed by atoms with Crippen molar-refractivity contribution in [3.8, 4) is 11.5 Å². The number of aliphatic hydroxyl groups is 2. The van der Waals surface area contributed by atoms with Crippen molar-refractivity contribution < 1.29 is 83.1 Å². The van der Waals surface area contributed by atoms with Crippen LogP contribution >= 0.6 is 33.3 Å². The zero-order valence-corrected chi connectivity index (χ0v) is 48.0. The van der Waals surface area contributed by atoms with Crippen LogP contribution in [0.1, 0.15) is 63.5 Å². The Bertz CT molecular complexity index is 2660. The van der Waals surface area contributed by atoms with Gasteiger partial charge in [0, 0.05) is 37.3 Å². The average Bonchev–Trinajstić information content (AvgIpc) is 4.17. The highest BCUT2D eigenvalue weighted by Crippen LogP contribution is 2.24. The number of fused-ring (bicyclic) bond motifs is 1. The molecule has 11 amide bonds. The van der Waals surface area contributed by atoms with E-state index in [1.807, 2.05) is 0 Å². The molecule has 2 fully saturated rings. The smallest absolute Gasteiger partial charge is 0.327 e. The Morgan fingerprint density at radius 3 is 1.58 bits per heavy atom. The van der Waals surface area contributed by atoms with Gasteiger partial charge in [-0.3, -0.25) is 52.7 Å². The van der Waals surface area contributed by atoms with E-state index in [1.54, 1.807) is 6.26 Å². The second-order valence-electron chi connectivity index (χ2n) is 19.7. The van der Waals surface area contributed by atoms with Gasteiger partial charge in [0.05, 0.1) is 24.7 Å². The maximum absolute atomic E-state index is 14.7. The van der Waals surface area contributed by atoms with E-state index in [4.69, 9.17) is 17.2 Å². The van der Waals surface area contributed by atoms with Crippen LogP contribution in [0, 0.1) is 0 Å². The number of hydrogen-bond donors (Lipinski definition) is 16. The molecule has 0 aromatic heterocycles. The number of nitrogens with one attached hydrogen (secondary N) is 8. The molecule has 2 aromatic rings. The van der Waals surface area contributed by atoms with E-state index >= 15 is 0 Å². The van der Waals surface area contributed by atoms with Crippen LogP contribution in [-0.4, -0.2) is 204 Å². The van der Waals surface area contributed by atoms with Crippen LogP contribution in [0.3, 0.4) is 0 Å². The fraction of sp³-hybridized carbons (Fsp3) is 0.529. The van der Waals surface area contributed by atoms with Gasteiger partial charge in [-0.15, -0.1) is 0 Å². The lowest BCUT2D eigenvalue weighted by molar-refractivity contribution is -0.144. The van der Waals surface area contributed by atoms with Crippen molar-refractivity contribution in [1.82, 2.24) is 47.4 Å². The second-order valence-corrected chi connectivity index (χ2v) is 23.3. The van der Waals surface area contributed by atoms with Crippen molar-refractivity contribution >= 4 is 104 Å². The number of thioether (sulfide) groups is 1. The minimum absolute atomic E-state index is 0.0250. The standard InChI is InChI=1S/C51H72N12O17S3/c1-24(64)40-49(77)60-36(51(79)80)23-83-82-22-30(52)42(70)55-31(14-15-38(53)68)44(72)62-41(25(2)65)50(78)63-17-4-5-37(63)48(76)59-34(20-27-8-12-29(67)13-9-27)46(74)57-33(19-26-6-10-28(66)11-7-26)45(73)56-32(16-18-81-3)43(71)58-35(21-39(54)69)47(75)61-40/h6-13,24-25,30-37,40-41,64-67H,4-5,14-23,52H2,1-3H3,(H2,53,68)(H2,54,69)(H,55,70)(H,56,73)(H,57,74)(H,58,71)(H,59,76)(H,60,77)(H,61,75)(H,62,72)(H,79,80)/t24-,25-,30+,31+,32+,33+,34+,35+,36+,37+,40+,41+/m1/s1. The number of nitrogens with zero attached hydrogens (tertiary/aromatic N) is 1. The van der Waals surface area contributed by atoms with E-state index in [-0.39, 0.29) is 61.7 Å². The number of phenols is 2.